The molecule has 3 amide bonds. The highest BCUT2D eigenvalue weighted by Crippen LogP contribution is 2.38. The van der Waals surface area contributed by atoms with Crippen LogP contribution in [0.3, 0.4) is 0 Å². The van der Waals surface area contributed by atoms with E-state index in [2.05, 4.69) is 21.2 Å². The number of benzene rings is 3. The van der Waals surface area contributed by atoms with Crippen LogP contribution in [-0.2, 0) is 17.9 Å². The molecule has 3 aromatic rings. The molecule has 0 unspecified atom stereocenters. The van der Waals surface area contributed by atoms with Crippen LogP contribution in [0.1, 0.15) is 23.6 Å². The third-order valence-corrected chi connectivity index (χ3v) is 5.81. The first-order chi connectivity index (χ1) is 16.9. The Balaban J connectivity index is 1.57. The van der Waals surface area contributed by atoms with E-state index in [9.17, 15) is 18.4 Å². The van der Waals surface area contributed by atoms with Crippen LogP contribution in [0.4, 0.5) is 13.6 Å². The van der Waals surface area contributed by atoms with E-state index in [1.165, 1.54) is 30.3 Å². The third kappa shape index (κ3) is 5.51. The van der Waals surface area contributed by atoms with Gasteiger partial charge in [-0.1, -0.05) is 36.4 Å². The molecule has 3 aromatic carbocycles. The van der Waals surface area contributed by atoms with E-state index in [0.29, 0.717) is 33.7 Å². The largest absolute Gasteiger partial charge is 0.490 e. The Kier molecular flexibility index (Phi) is 7.45. The Morgan fingerprint density at radius 1 is 0.971 bits per heavy atom. The number of carbonyl (C=O) groups is 2. The van der Waals surface area contributed by atoms with Crippen molar-refractivity contribution in [2.24, 2.45) is 0 Å². The summed E-state index contributed by atoms with van der Waals surface area (Å²) >= 11 is 3.45. The lowest BCUT2D eigenvalue weighted by molar-refractivity contribution is -0.123. The van der Waals surface area contributed by atoms with Gasteiger partial charge in [0.05, 0.1) is 17.6 Å². The molecule has 180 valence electrons. The first kappa shape index (κ1) is 24.4. The van der Waals surface area contributed by atoms with Crippen molar-refractivity contribution < 1.29 is 27.8 Å². The molecule has 6 nitrogen and oxygen atoms in total. The van der Waals surface area contributed by atoms with Gasteiger partial charge in [-0.15, -0.1) is 0 Å². The van der Waals surface area contributed by atoms with Crippen LogP contribution < -0.4 is 14.8 Å². The van der Waals surface area contributed by atoms with Crippen LogP contribution >= 0.6 is 15.9 Å². The molecule has 1 aliphatic heterocycles. The van der Waals surface area contributed by atoms with Gasteiger partial charge in [0.25, 0.3) is 5.91 Å². The van der Waals surface area contributed by atoms with Crippen molar-refractivity contribution in [3.63, 3.8) is 0 Å². The quantitative estimate of drug-likeness (QED) is 0.288. The second kappa shape index (κ2) is 10.7. The van der Waals surface area contributed by atoms with Gasteiger partial charge in [0, 0.05) is 11.1 Å². The fourth-order valence-corrected chi connectivity index (χ4v) is 4.09. The van der Waals surface area contributed by atoms with Crippen molar-refractivity contribution in [1.29, 1.82) is 0 Å². The SMILES string of the molecule is CCOc1cc(/C=C2/NC(=O)N(Cc3ccccc3F)C2=O)cc(Br)c1OCc1ccccc1F. The molecular weight excluding hydrogens is 522 g/mol. The molecule has 1 heterocycles. The number of rotatable bonds is 8. The second-order valence-corrected chi connectivity index (χ2v) is 8.47. The van der Waals surface area contributed by atoms with Crippen molar-refractivity contribution >= 4 is 33.9 Å². The Labute approximate surface area is 209 Å². The van der Waals surface area contributed by atoms with E-state index in [-0.39, 0.29) is 30.2 Å². The molecule has 1 N–H and O–H groups in total. The molecule has 0 radical (unpaired) electrons. The lowest BCUT2D eigenvalue weighted by Gasteiger charge is -2.15. The van der Waals surface area contributed by atoms with Crippen molar-refractivity contribution in [1.82, 2.24) is 10.2 Å². The summed E-state index contributed by atoms with van der Waals surface area (Å²) in [6.07, 6.45) is 1.50. The number of hydrogen-bond acceptors (Lipinski definition) is 4. The fraction of sp³-hybridized carbons (Fsp3) is 0.154. The summed E-state index contributed by atoms with van der Waals surface area (Å²) in [6, 6.07) is 15.0. The number of ether oxygens (including phenoxy) is 2. The van der Waals surface area contributed by atoms with Crippen molar-refractivity contribution in [2.75, 3.05) is 6.61 Å². The molecule has 0 spiro atoms. The number of carbonyl (C=O) groups excluding carboxylic acids is 2. The van der Waals surface area contributed by atoms with Gasteiger partial charge in [-0.3, -0.25) is 9.69 Å². The maximum absolute atomic E-state index is 14.0. The minimum absolute atomic E-state index is 0.00860. The Hall–Kier alpha value is -3.72. The minimum Gasteiger partial charge on any atom is -0.490 e. The lowest BCUT2D eigenvalue weighted by Crippen LogP contribution is -2.30. The van der Waals surface area contributed by atoms with Crippen LogP contribution in [0.25, 0.3) is 6.08 Å². The summed E-state index contributed by atoms with van der Waals surface area (Å²) < 4.78 is 40.0. The molecule has 4 rings (SSSR count). The average Bonchev–Trinajstić information content (AvgIpc) is 3.08. The smallest absolute Gasteiger partial charge is 0.329 e. The average molecular weight is 543 g/mol. The van der Waals surface area contributed by atoms with E-state index in [0.717, 1.165) is 4.90 Å². The maximum Gasteiger partial charge on any atom is 0.329 e. The molecule has 1 saturated heterocycles. The second-order valence-electron chi connectivity index (χ2n) is 7.61. The number of amides is 3. The Morgan fingerprint density at radius 3 is 2.29 bits per heavy atom. The molecule has 0 atom stereocenters. The first-order valence-corrected chi connectivity index (χ1v) is 11.6. The zero-order valence-corrected chi connectivity index (χ0v) is 20.3. The fourth-order valence-electron chi connectivity index (χ4n) is 3.52. The zero-order valence-electron chi connectivity index (χ0n) is 18.7. The number of hydrogen-bond donors (Lipinski definition) is 1. The predicted molar refractivity (Wildman–Crippen MR) is 130 cm³/mol. The van der Waals surface area contributed by atoms with E-state index in [1.807, 2.05) is 0 Å². The number of halogens is 3. The van der Waals surface area contributed by atoms with E-state index < -0.39 is 17.8 Å². The summed E-state index contributed by atoms with van der Waals surface area (Å²) in [4.78, 5) is 26.2. The lowest BCUT2D eigenvalue weighted by atomic mass is 10.1. The monoisotopic (exact) mass is 542 g/mol. The number of nitrogens with one attached hydrogen (secondary N) is 1. The topological polar surface area (TPSA) is 67.9 Å². The summed E-state index contributed by atoms with van der Waals surface area (Å²) in [5, 5.41) is 2.53. The summed E-state index contributed by atoms with van der Waals surface area (Å²) in [6.45, 7) is 1.95. The van der Waals surface area contributed by atoms with Crippen LogP contribution in [0.15, 0.2) is 70.8 Å². The van der Waals surface area contributed by atoms with Gasteiger partial charge in [0.15, 0.2) is 11.5 Å². The minimum atomic E-state index is -0.640. The molecule has 0 saturated carbocycles. The van der Waals surface area contributed by atoms with Crippen molar-refractivity contribution in [3.05, 3.63) is 99.2 Å². The van der Waals surface area contributed by atoms with Gasteiger partial charge in [-0.2, -0.15) is 0 Å². The highest BCUT2D eigenvalue weighted by molar-refractivity contribution is 9.10. The molecule has 0 aromatic heterocycles. The van der Waals surface area contributed by atoms with Crippen LogP contribution in [-0.4, -0.2) is 23.4 Å². The van der Waals surface area contributed by atoms with Crippen LogP contribution in [0.2, 0.25) is 0 Å². The third-order valence-electron chi connectivity index (χ3n) is 5.22. The number of urea groups is 1. The Bertz CT molecular complexity index is 1310. The standard InChI is InChI=1S/C26H21BrF2N2O4/c1-2-34-23-13-16(11-19(27)24(23)35-15-18-8-4-6-10-21(18)29)12-22-25(32)31(26(33)30-22)14-17-7-3-5-9-20(17)28/h3-13H,2,14-15H2,1H3,(H,30,33)/b22-12+. The number of imide groups is 1. The van der Waals surface area contributed by atoms with Gasteiger partial charge < -0.3 is 14.8 Å². The van der Waals surface area contributed by atoms with Gasteiger partial charge >= 0.3 is 6.03 Å². The molecule has 0 bridgehead atoms. The van der Waals surface area contributed by atoms with E-state index >= 15 is 0 Å². The molecule has 1 fully saturated rings. The van der Waals surface area contributed by atoms with E-state index in [1.54, 1.807) is 43.3 Å². The first-order valence-electron chi connectivity index (χ1n) is 10.8. The molecule has 9 heteroatoms. The normalized spacial score (nSPS) is 14.4. The molecule has 35 heavy (non-hydrogen) atoms. The van der Waals surface area contributed by atoms with Crippen molar-refractivity contribution in [2.45, 2.75) is 20.1 Å². The maximum atomic E-state index is 14.0. The highest BCUT2D eigenvalue weighted by Gasteiger charge is 2.34. The van der Waals surface area contributed by atoms with E-state index in [4.69, 9.17) is 9.47 Å². The highest BCUT2D eigenvalue weighted by atomic mass is 79.9. The molecule has 0 aliphatic carbocycles. The van der Waals surface area contributed by atoms with Crippen LogP contribution in [0.5, 0.6) is 11.5 Å². The predicted octanol–water partition coefficient (Wildman–Crippen LogP) is 5.80. The van der Waals surface area contributed by atoms with Gasteiger partial charge in [-0.05, 0) is 58.8 Å². The van der Waals surface area contributed by atoms with Crippen LogP contribution in [0, 0.1) is 11.6 Å². The summed E-state index contributed by atoms with van der Waals surface area (Å²) in [5.74, 6) is -0.697. The van der Waals surface area contributed by atoms with Gasteiger partial charge in [0.1, 0.15) is 23.9 Å². The molecule has 1 aliphatic rings. The zero-order chi connectivity index (χ0) is 24.9. The summed E-state index contributed by atoms with van der Waals surface area (Å²) in [5.41, 5.74) is 1.22. The van der Waals surface area contributed by atoms with Gasteiger partial charge in [-0.25, -0.2) is 13.6 Å². The number of nitrogens with zero attached hydrogens (tertiary/aromatic N) is 1. The van der Waals surface area contributed by atoms with Gasteiger partial charge in [0.2, 0.25) is 0 Å². The summed E-state index contributed by atoms with van der Waals surface area (Å²) in [7, 11) is 0. The van der Waals surface area contributed by atoms with Crippen molar-refractivity contribution in [3.8, 4) is 11.5 Å². The molecular formula is C26H21BrF2N2O4. The Morgan fingerprint density at radius 2 is 1.63 bits per heavy atom.